The fourth-order valence-corrected chi connectivity index (χ4v) is 2.33. The van der Waals surface area contributed by atoms with Crippen LogP contribution in [0.2, 0.25) is 10.0 Å². The summed E-state index contributed by atoms with van der Waals surface area (Å²) < 4.78 is 15.8. The summed E-state index contributed by atoms with van der Waals surface area (Å²) in [6, 6.07) is 10.2. The average molecular weight is 370 g/mol. The smallest absolute Gasteiger partial charge is 0.258 e. The second kappa shape index (κ2) is 8.66. The minimum absolute atomic E-state index is 0.174. The van der Waals surface area contributed by atoms with Crippen molar-refractivity contribution in [1.82, 2.24) is 5.32 Å². The molecule has 2 rings (SSSR count). The summed E-state index contributed by atoms with van der Waals surface area (Å²) in [6.07, 6.45) is 0. The zero-order valence-corrected chi connectivity index (χ0v) is 14.8. The average Bonchev–Trinajstić information content (AvgIpc) is 2.60. The lowest BCUT2D eigenvalue weighted by atomic mass is 10.2. The monoisotopic (exact) mass is 369 g/mol. The van der Waals surface area contributed by atoms with Gasteiger partial charge >= 0.3 is 0 Å². The zero-order valence-electron chi connectivity index (χ0n) is 13.3. The second-order valence-corrected chi connectivity index (χ2v) is 5.66. The lowest BCUT2D eigenvalue weighted by molar-refractivity contribution is -0.123. The lowest BCUT2D eigenvalue weighted by Crippen LogP contribution is -2.28. The molecule has 128 valence electrons. The molecule has 0 atom stereocenters. The van der Waals surface area contributed by atoms with Gasteiger partial charge in [-0.3, -0.25) is 4.79 Å². The molecule has 0 aromatic heterocycles. The number of nitrogens with one attached hydrogen (secondary N) is 1. The van der Waals surface area contributed by atoms with Gasteiger partial charge in [0, 0.05) is 23.2 Å². The molecule has 24 heavy (non-hydrogen) atoms. The van der Waals surface area contributed by atoms with Crippen molar-refractivity contribution in [3.8, 4) is 17.2 Å². The summed E-state index contributed by atoms with van der Waals surface area (Å²) in [5, 5.41) is 3.63. The number of ether oxygens (including phenoxy) is 3. The molecule has 2 aromatic rings. The first-order chi connectivity index (χ1) is 11.5. The van der Waals surface area contributed by atoms with Crippen LogP contribution in [0.4, 0.5) is 0 Å². The van der Waals surface area contributed by atoms with Gasteiger partial charge in [-0.25, -0.2) is 0 Å². The number of hydrogen-bond acceptors (Lipinski definition) is 4. The molecule has 0 radical (unpaired) electrons. The maximum atomic E-state index is 12.0. The molecule has 1 amide bonds. The van der Waals surface area contributed by atoms with E-state index in [0.29, 0.717) is 27.3 Å². The Hall–Kier alpha value is -2.11. The highest BCUT2D eigenvalue weighted by Crippen LogP contribution is 2.27. The van der Waals surface area contributed by atoms with Crippen LogP contribution in [-0.2, 0) is 11.3 Å². The third kappa shape index (κ3) is 4.94. The molecule has 0 heterocycles. The molecule has 2 aromatic carbocycles. The van der Waals surface area contributed by atoms with Crippen LogP contribution < -0.4 is 19.5 Å². The number of amides is 1. The van der Waals surface area contributed by atoms with Gasteiger partial charge in [0.1, 0.15) is 17.2 Å². The quantitative estimate of drug-likeness (QED) is 0.808. The topological polar surface area (TPSA) is 56.8 Å². The van der Waals surface area contributed by atoms with Gasteiger partial charge in [-0.1, -0.05) is 23.2 Å². The summed E-state index contributed by atoms with van der Waals surface area (Å²) >= 11 is 11.9. The van der Waals surface area contributed by atoms with Crippen LogP contribution in [0.5, 0.6) is 17.2 Å². The lowest BCUT2D eigenvalue weighted by Gasteiger charge is -2.12. The van der Waals surface area contributed by atoms with E-state index in [1.807, 2.05) is 0 Å². The third-order valence-electron chi connectivity index (χ3n) is 3.22. The first-order valence-electron chi connectivity index (χ1n) is 7.09. The molecule has 7 heteroatoms. The molecule has 0 aliphatic heterocycles. The molecular weight excluding hydrogens is 353 g/mol. The van der Waals surface area contributed by atoms with Gasteiger partial charge in [0.2, 0.25) is 0 Å². The van der Waals surface area contributed by atoms with E-state index in [1.165, 1.54) is 0 Å². The Bertz CT molecular complexity index is 722. The fourth-order valence-electron chi connectivity index (χ4n) is 2.00. The second-order valence-electron chi connectivity index (χ2n) is 4.82. The molecule has 0 aliphatic rings. The van der Waals surface area contributed by atoms with E-state index in [-0.39, 0.29) is 19.1 Å². The maximum Gasteiger partial charge on any atom is 0.258 e. The largest absolute Gasteiger partial charge is 0.497 e. The summed E-state index contributed by atoms with van der Waals surface area (Å²) in [4.78, 5) is 12.0. The summed E-state index contributed by atoms with van der Waals surface area (Å²) in [5.74, 6) is 1.41. The van der Waals surface area contributed by atoms with Crippen molar-refractivity contribution in [2.45, 2.75) is 6.54 Å². The molecule has 0 bridgehead atoms. The highest BCUT2D eigenvalue weighted by atomic mass is 35.5. The van der Waals surface area contributed by atoms with Gasteiger partial charge in [-0.15, -0.1) is 0 Å². The maximum absolute atomic E-state index is 12.0. The SMILES string of the molecule is COc1ccc(OC)c(CNC(=O)COc2cc(Cl)ccc2Cl)c1. The van der Waals surface area contributed by atoms with Crippen LogP contribution in [0.25, 0.3) is 0 Å². The fraction of sp³-hybridized carbons (Fsp3) is 0.235. The van der Waals surface area contributed by atoms with E-state index in [4.69, 9.17) is 37.4 Å². The van der Waals surface area contributed by atoms with Gasteiger partial charge in [0.05, 0.1) is 19.2 Å². The summed E-state index contributed by atoms with van der Waals surface area (Å²) in [7, 11) is 3.14. The van der Waals surface area contributed by atoms with Gasteiger partial charge in [0.15, 0.2) is 6.61 Å². The minimum Gasteiger partial charge on any atom is -0.497 e. The van der Waals surface area contributed by atoms with E-state index in [0.717, 1.165) is 5.56 Å². The number of methoxy groups -OCH3 is 2. The van der Waals surface area contributed by atoms with Crippen molar-refractivity contribution in [2.24, 2.45) is 0 Å². The Morgan fingerprint density at radius 2 is 1.83 bits per heavy atom. The predicted molar refractivity (Wildman–Crippen MR) is 93.3 cm³/mol. The normalized spacial score (nSPS) is 10.2. The predicted octanol–water partition coefficient (Wildman–Crippen LogP) is 3.71. The first-order valence-corrected chi connectivity index (χ1v) is 7.84. The van der Waals surface area contributed by atoms with Crippen LogP contribution in [0.3, 0.4) is 0 Å². The van der Waals surface area contributed by atoms with Gasteiger partial charge < -0.3 is 19.5 Å². The van der Waals surface area contributed by atoms with E-state index in [1.54, 1.807) is 50.6 Å². The first kappa shape index (κ1) is 18.2. The van der Waals surface area contributed by atoms with Crippen molar-refractivity contribution in [3.63, 3.8) is 0 Å². The van der Waals surface area contributed by atoms with Crippen LogP contribution in [0.15, 0.2) is 36.4 Å². The Kier molecular flexibility index (Phi) is 6.58. The molecule has 0 unspecified atom stereocenters. The summed E-state index contributed by atoms with van der Waals surface area (Å²) in [5.41, 5.74) is 0.797. The number of carbonyl (C=O) groups excluding carboxylic acids is 1. The van der Waals surface area contributed by atoms with Crippen molar-refractivity contribution in [1.29, 1.82) is 0 Å². The Morgan fingerprint density at radius 1 is 1.04 bits per heavy atom. The van der Waals surface area contributed by atoms with Crippen LogP contribution >= 0.6 is 23.2 Å². The minimum atomic E-state index is -0.295. The zero-order chi connectivity index (χ0) is 17.5. The van der Waals surface area contributed by atoms with Gasteiger partial charge in [-0.2, -0.15) is 0 Å². The van der Waals surface area contributed by atoms with E-state index in [2.05, 4.69) is 5.32 Å². The summed E-state index contributed by atoms with van der Waals surface area (Å²) in [6.45, 7) is 0.109. The third-order valence-corrected chi connectivity index (χ3v) is 3.76. The molecule has 0 saturated heterocycles. The van der Waals surface area contributed by atoms with E-state index >= 15 is 0 Å². The Morgan fingerprint density at radius 3 is 2.54 bits per heavy atom. The van der Waals surface area contributed by atoms with E-state index < -0.39 is 0 Å². The van der Waals surface area contributed by atoms with Gasteiger partial charge in [0.25, 0.3) is 5.91 Å². The molecular formula is C17H17Cl2NO4. The number of benzene rings is 2. The van der Waals surface area contributed by atoms with Crippen LogP contribution in [-0.4, -0.2) is 26.7 Å². The van der Waals surface area contributed by atoms with Crippen LogP contribution in [0, 0.1) is 0 Å². The number of halogens is 2. The molecule has 0 aliphatic carbocycles. The van der Waals surface area contributed by atoms with Crippen molar-refractivity contribution in [3.05, 3.63) is 52.0 Å². The number of hydrogen-bond donors (Lipinski definition) is 1. The van der Waals surface area contributed by atoms with Gasteiger partial charge in [-0.05, 0) is 30.3 Å². The van der Waals surface area contributed by atoms with Crippen molar-refractivity contribution in [2.75, 3.05) is 20.8 Å². The van der Waals surface area contributed by atoms with Crippen LogP contribution in [0.1, 0.15) is 5.56 Å². The molecule has 0 spiro atoms. The Balaban J connectivity index is 1.92. The Labute approximate surface area is 150 Å². The van der Waals surface area contributed by atoms with E-state index in [9.17, 15) is 4.79 Å². The highest BCUT2D eigenvalue weighted by Gasteiger charge is 2.09. The molecule has 1 N–H and O–H groups in total. The standard InChI is InChI=1S/C17H17Cl2NO4/c1-22-13-4-6-15(23-2)11(7-13)9-20-17(21)10-24-16-8-12(18)3-5-14(16)19/h3-8H,9-10H2,1-2H3,(H,20,21). The highest BCUT2D eigenvalue weighted by molar-refractivity contribution is 6.34. The van der Waals surface area contributed by atoms with Crippen molar-refractivity contribution < 1.29 is 19.0 Å². The number of rotatable bonds is 7. The number of carbonyl (C=O) groups is 1. The van der Waals surface area contributed by atoms with Crippen molar-refractivity contribution >= 4 is 29.1 Å². The molecule has 0 fully saturated rings. The molecule has 0 saturated carbocycles. The molecule has 5 nitrogen and oxygen atoms in total.